The first-order valence-electron chi connectivity index (χ1n) is 6.57. The van der Waals surface area contributed by atoms with E-state index in [-0.39, 0.29) is 18.6 Å². The summed E-state index contributed by atoms with van der Waals surface area (Å²) in [4.78, 5) is 11.9. The summed E-state index contributed by atoms with van der Waals surface area (Å²) in [5, 5.41) is 15.8. The highest BCUT2D eigenvalue weighted by atomic mass is 16.5. The van der Waals surface area contributed by atoms with Crippen LogP contribution in [0.4, 0.5) is 5.82 Å². The SMILES string of the molecule is CC(C)n1nccc1NC(=O)COc1ccccc1C#N. The minimum Gasteiger partial charge on any atom is -0.482 e. The second-order valence-corrected chi connectivity index (χ2v) is 4.70. The molecule has 0 saturated heterocycles. The van der Waals surface area contributed by atoms with E-state index >= 15 is 0 Å². The summed E-state index contributed by atoms with van der Waals surface area (Å²) in [7, 11) is 0. The molecule has 1 N–H and O–H groups in total. The Kier molecular flexibility index (Phi) is 4.57. The maximum atomic E-state index is 11.9. The molecule has 0 aliphatic rings. The van der Waals surface area contributed by atoms with Crippen molar-refractivity contribution in [3.63, 3.8) is 0 Å². The van der Waals surface area contributed by atoms with Crippen LogP contribution in [0.15, 0.2) is 36.5 Å². The third-order valence-electron chi connectivity index (χ3n) is 2.79. The number of para-hydroxylation sites is 1. The lowest BCUT2D eigenvalue weighted by Gasteiger charge is -2.12. The van der Waals surface area contributed by atoms with Gasteiger partial charge >= 0.3 is 0 Å². The van der Waals surface area contributed by atoms with Crippen molar-refractivity contribution < 1.29 is 9.53 Å². The highest BCUT2D eigenvalue weighted by molar-refractivity contribution is 5.91. The highest BCUT2D eigenvalue weighted by Gasteiger charge is 2.11. The molecule has 0 aliphatic carbocycles. The molecule has 0 unspecified atom stereocenters. The molecular formula is C15H16N4O2. The number of carbonyl (C=O) groups is 1. The van der Waals surface area contributed by atoms with Crippen molar-refractivity contribution in [1.29, 1.82) is 5.26 Å². The van der Waals surface area contributed by atoms with E-state index in [0.717, 1.165) is 0 Å². The van der Waals surface area contributed by atoms with Crippen molar-refractivity contribution in [3.8, 4) is 11.8 Å². The summed E-state index contributed by atoms with van der Waals surface area (Å²) in [5.74, 6) is 0.713. The van der Waals surface area contributed by atoms with Gasteiger partial charge in [0.1, 0.15) is 17.6 Å². The van der Waals surface area contributed by atoms with Gasteiger partial charge in [0.2, 0.25) is 0 Å². The molecule has 0 spiro atoms. The average Bonchev–Trinajstić information content (AvgIpc) is 2.93. The quantitative estimate of drug-likeness (QED) is 0.914. The molecule has 2 aromatic rings. The van der Waals surface area contributed by atoms with Crippen LogP contribution in [0.3, 0.4) is 0 Å². The Morgan fingerprint density at radius 2 is 2.19 bits per heavy atom. The third-order valence-corrected chi connectivity index (χ3v) is 2.79. The van der Waals surface area contributed by atoms with E-state index < -0.39 is 0 Å². The van der Waals surface area contributed by atoms with E-state index in [1.807, 2.05) is 19.9 Å². The minimum atomic E-state index is -0.301. The van der Waals surface area contributed by atoms with Gasteiger partial charge in [0.25, 0.3) is 5.91 Å². The summed E-state index contributed by atoms with van der Waals surface area (Å²) in [6, 6.07) is 10.7. The van der Waals surface area contributed by atoms with Crippen LogP contribution in [-0.4, -0.2) is 22.3 Å². The maximum absolute atomic E-state index is 11.9. The van der Waals surface area contributed by atoms with Crippen LogP contribution in [0.1, 0.15) is 25.5 Å². The van der Waals surface area contributed by atoms with Gasteiger partial charge in [-0.25, -0.2) is 4.68 Å². The lowest BCUT2D eigenvalue weighted by Crippen LogP contribution is -2.22. The fourth-order valence-corrected chi connectivity index (χ4v) is 1.83. The molecule has 108 valence electrons. The van der Waals surface area contributed by atoms with E-state index in [1.165, 1.54) is 0 Å². The van der Waals surface area contributed by atoms with Crippen LogP contribution in [0.2, 0.25) is 0 Å². The number of aromatic nitrogens is 2. The van der Waals surface area contributed by atoms with E-state index in [2.05, 4.69) is 10.4 Å². The number of ether oxygens (including phenoxy) is 1. The Hall–Kier alpha value is -2.81. The minimum absolute atomic E-state index is 0.149. The molecule has 0 fully saturated rings. The second-order valence-electron chi connectivity index (χ2n) is 4.70. The number of hydrogen-bond donors (Lipinski definition) is 1. The molecule has 0 radical (unpaired) electrons. The number of nitrogens with zero attached hydrogens (tertiary/aromatic N) is 3. The van der Waals surface area contributed by atoms with Crippen molar-refractivity contribution in [2.75, 3.05) is 11.9 Å². The summed E-state index contributed by atoms with van der Waals surface area (Å²) >= 11 is 0. The summed E-state index contributed by atoms with van der Waals surface area (Å²) in [6.07, 6.45) is 1.63. The number of carbonyl (C=O) groups excluding carboxylic acids is 1. The summed E-state index contributed by atoms with van der Waals surface area (Å²) in [5.41, 5.74) is 0.400. The molecule has 0 bridgehead atoms. The Morgan fingerprint density at radius 1 is 1.43 bits per heavy atom. The lowest BCUT2D eigenvalue weighted by molar-refractivity contribution is -0.118. The topological polar surface area (TPSA) is 79.9 Å². The number of nitriles is 1. The van der Waals surface area contributed by atoms with Crippen molar-refractivity contribution in [2.45, 2.75) is 19.9 Å². The normalized spacial score (nSPS) is 10.2. The predicted molar refractivity (Wildman–Crippen MR) is 77.9 cm³/mol. The molecule has 0 saturated carbocycles. The zero-order valence-electron chi connectivity index (χ0n) is 11.9. The van der Waals surface area contributed by atoms with Crippen LogP contribution in [0.5, 0.6) is 5.75 Å². The zero-order valence-corrected chi connectivity index (χ0v) is 11.9. The van der Waals surface area contributed by atoms with Crippen molar-refractivity contribution in [3.05, 3.63) is 42.1 Å². The molecule has 21 heavy (non-hydrogen) atoms. The molecule has 6 nitrogen and oxygen atoms in total. The van der Waals surface area contributed by atoms with Gasteiger partial charge in [0.15, 0.2) is 6.61 Å². The van der Waals surface area contributed by atoms with Gasteiger partial charge in [-0.15, -0.1) is 0 Å². The first-order valence-corrected chi connectivity index (χ1v) is 6.57. The van der Waals surface area contributed by atoms with Gasteiger partial charge in [-0.1, -0.05) is 12.1 Å². The molecule has 1 amide bonds. The highest BCUT2D eigenvalue weighted by Crippen LogP contribution is 2.17. The lowest BCUT2D eigenvalue weighted by atomic mass is 10.2. The van der Waals surface area contributed by atoms with Crippen molar-refractivity contribution in [1.82, 2.24) is 9.78 Å². The average molecular weight is 284 g/mol. The Balaban J connectivity index is 1.97. The van der Waals surface area contributed by atoms with E-state index in [9.17, 15) is 4.79 Å². The number of anilines is 1. The standard InChI is InChI=1S/C15H16N4O2/c1-11(2)19-14(7-8-17-19)18-15(20)10-21-13-6-4-3-5-12(13)9-16/h3-8,11H,10H2,1-2H3,(H,18,20). The van der Waals surface area contributed by atoms with Crippen LogP contribution in [0.25, 0.3) is 0 Å². The molecule has 1 heterocycles. The maximum Gasteiger partial charge on any atom is 0.263 e. The van der Waals surface area contributed by atoms with E-state index in [4.69, 9.17) is 10.00 Å². The van der Waals surface area contributed by atoms with Crippen LogP contribution < -0.4 is 10.1 Å². The number of hydrogen-bond acceptors (Lipinski definition) is 4. The Labute approximate surface area is 123 Å². The molecular weight excluding hydrogens is 268 g/mol. The summed E-state index contributed by atoms with van der Waals surface area (Å²) in [6.45, 7) is 3.78. The fraction of sp³-hybridized carbons (Fsp3) is 0.267. The van der Waals surface area contributed by atoms with Gasteiger partial charge in [0.05, 0.1) is 11.8 Å². The first-order chi connectivity index (χ1) is 10.1. The monoisotopic (exact) mass is 284 g/mol. The van der Waals surface area contributed by atoms with Crippen molar-refractivity contribution in [2.24, 2.45) is 0 Å². The van der Waals surface area contributed by atoms with Crippen LogP contribution in [0, 0.1) is 11.3 Å². The van der Waals surface area contributed by atoms with Gasteiger partial charge < -0.3 is 10.1 Å². The van der Waals surface area contributed by atoms with E-state index in [0.29, 0.717) is 17.1 Å². The smallest absolute Gasteiger partial charge is 0.263 e. The summed E-state index contributed by atoms with van der Waals surface area (Å²) < 4.78 is 7.08. The van der Waals surface area contributed by atoms with Gasteiger partial charge in [0, 0.05) is 12.1 Å². The molecule has 1 aromatic heterocycles. The molecule has 2 rings (SSSR count). The van der Waals surface area contributed by atoms with E-state index in [1.54, 1.807) is 41.2 Å². The third kappa shape index (κ3) is 3.60. The zero-order chi connectivity index (χ0) is 15.2. The number of rotatable bonds is 5. The fourth-order valence-electron chi connectivity index (χ4n) is 1.83. The first kappa shape index (κ1) is 14.6. The van der Waals surface area contributed by atoms with Crippen molar-refractivity contribution >= 4 is 11.7 Å². The largest absolute Gasteiger partial charge is 0.482 e. The predicted octanol–water partition coefficient (Wildman–Crippen LogP) is 2.35. The molecule has 1 aromatic carbocycles. The Morgan fingerprint density at radius 3 is 2.90 bits per heavy atom. The van der Waals surface area contributed by atoms with Gasteiger partial charge in [-0.3, -0.25) is 4.79 Å². The molecule has 0 aliphatic heterocycles. The second kappa shape index (κ2) is 6.57. The van der Waals surface area contributed by atoms with Gasteiger partial charge in [-0.05, 0) is 26.0 Å². The van der Waals surface area contributed by atoms with Crippen LogP contribution in [-0.2, 0) is 4.79 Å². The Bertz CT molecular complexity index is 670. The molecule has 6 heteroatoms. The van der Waals surface area contributed by atoms with Crippen LogP contribution >= 0.6 is 0 Å². The molecule has 0 atom stereocenters. The number of nitrogens with one attached hydrogen (secondary N) is 1. The van der Waals surface area contributed by atoms with Gasteiger partial charge in [-0.2, -0.15) is 10.4 Å². The number of benzene rings is 1. The number of amides is 1.